The van der Waals surface area contributed by atoms with Crippen LogP contribution in [0.1, 0.15) is 52.9 Å². The minimum absolute atomic E-state index is 0.0564. The molecule has 0 atom stereocenters. The average molecular weight is 666 g/mol. The molecule has 0 bridgehead atoms. The van der Waals surface area contributed by atoms with Crippen molar-refractivity contribution in [3.8, 4) is 5.75 Å². The molecule has 16 heteroatoms. The first-order valence-corrected chi connectivity index (χ1v) is 15.6. The second kappa shape index (κ2) is 13.0. The SMILES string of the molecule is CCc1c(N2CCN(C(=O)c3ncccc3O)CC2)c(=O)n2nc(C3=CCCCN3)nc2n1CC(=O)Nc1ccc(C(F)(F)F)cc1C. The zero-order valence-electron chi connectivity index (χ0n) is 26.3. The van der Waals surface area contributed by atoms with Gasteiger partial charge in [-0.3, -0.25) is 14.4 Å². The van der Waals surface area contributed by atoms with Crippen molar-refractivity contribution in [1.29, 1.82) is 0 Å². The number of amides is 2. The first kappa shape index (κ1) is 32.5. The van der Waals surface area contributed by atoms with Crippen LogP contribution < -0.4 is 21.1 Å². The van der Waals surface area contributed by atoms with Crippen molar-refractivity contribution in [2.45, 2.75) is 45.8 Å². The highest BCUT2D eigenvalue weighted by atomic mass is 19.4. The van der Waals surface area contributed by atoms with Crippen LogP contribution in [0.2, 0.25) is 0 Å². The van der Waals surface area contributed by atoms with Gasteiger partial charge in [0.15, 0.2) is 11.5 Å². The maximum absolute atomic E-state index is 14.1. The molecule has 48 heavy (non-hydrogen) atoms. The maximum atomic E-state index is 14.1. The molecule has 6 rings (SSSR count). The Morgan fingerprint density at radius 3 is 2.54 bits per heavy atom. The van der Waals surface area contributed by atoms with Gasteiger partial charge in [0.25, 0.3) is 11.5 Å². The highest BCUT2D eigenvalue weighted by Gasteiger charge is 2.32. The van der Waals surface area contributed by atoms with Gasteiger partial charge in [-0.15, -0.1) is 5.10 Å². The summed E-state index contributed by atoms with van der Waals surface area (Å²) in [6, 6.07) is 6.01. The molecule has 3 N–H and O–H groups in total. The van der Waals surface area contributed by atoms with Crippen LogP contribution >= 0.6 is 0 Å². The minimum Gasteiger partial charge on any atom is -0.505 e. The van der Waals surface area contributed by atoms with Crippen LogP contribution in [0.4, 0.5) is 24.5 Å². The van der Waals surface area contributed by atoms with Crippen molar-refractivity contribution < 1.29 is 27.9 Å². The molecule has 2 aliphatic heterocycles. The molecule has 2 amide bonds. The van der Waals surface area contributed by atoms with Gasteiger partial charge in [0.1, 0.15) is 18.0 Å². The average Bonchev–Trinajstić information content (AvgIpc) is 3.53. The highest BCUT2D eigenvalue weighted by molar-refractivity contribution is 5.95. The summed E-state index contributed by atoms with van der Waals surface area (Å²) in [6.07, 6.45) is 0.929. The molecular weight excluding hydrogens is 631 g/mol. The van der Waals surface area contributed by atoms with E-state index in [0.717, 1.165) is 25.0 Å². The number of halogens is 3. The molecule has 0 radical (unpaired) electrons. The molecule has 1 fully saturated rings. The number of nitrogens with one attached hydrogen (secondary N) is 2. The lowest BCUT2D eigenvalue weighted by molar-refractivity contribution is -0.137. The topological polar surface area (TPSA) is 150 Å². The van der Waals surface area contributed by atoms with E-state index in [9.17, 15) is 32.7 Å². The number of alkyl halides is 3. The van der Waals surface area contributed by atoms with Crippen molar-refractivity contribution >= 4 is 34.7 Å². The number of pyridine rings is 1. The van der Waals surface area contributed by atoms with Gasteiger partial charge in [-0.2, -0.15) is 22.7 Å². The first-order chi connectivity index (χ1) is 23.0. The minimum atomic E-state index is -4.52. The van der Waals surface area contributed by atoms with Gasteiger partial charge < -0.3 is 30.1 Å². The lowest BCUT2D eigenvalue weighted by Crippen LogP contribution is -2.51. The predicted molar refractivity (Wildman–Crippen MR) is 171 cm³/mol. The van der Waals surface area contributed by atoms with E-state index >= 15 is 0 Å². The van der Waals surface area contributed by atoms with Crippen LogP contribution in [0.25, 0.3) is 11.5 Å². The first-order valence-electron chi connectivity index (χ1n) is 15.6. The number of fused-ring (bicyclic) bond motifs is 1. The highest BCUT2D eigenvalue weighted by Crippen LogP contribution is 2.32. The fourth-order valence-corrected chi connectivity index (χ4v) is 6.02. The van der Waals surface area contributed by atoms with Gasteiger partial charge >= 0.3 is 6.18 Å². The summed E-state index contributed by atoms with van der Waals surface area (Å²) in [5, 5.41) is 20.6. The Morgan fingerprint density at radius 1 is 1.12 bits per heavy atom. The normalized spacial score (nSPS) is 15.3. The van der Waals surface area contributed by atoms with E-state index in [1.54, 1.807) is 9.47 Å². The zero-order valence-corrected chi connectivity index (χ0v) is 26.3. The lowest BCUT2D eigenvalue weighted by Gasteiger charge is -2.36. The molecule has 1 saturated heterocycles. The van der Waals surface area contributed by atoms with Gasteiger partial charge in [-0.25, -0.2) is 4.98 Å². The third-order valence-electron chi connectivity index (χ3n) is 8.45. The molecule has 0 unspecified atom stereocenters. The summed E-state index contributed by atoms with van der Waals surface area (Å²) >= 11 is 0. The fraction of sp³-hybridized carbons (Fsp3) is 0.375. The van der Waals surface area contributed by atoms with E-state index in [1.807, 2.05) is 17.9 Å². The van der Waals surface area contributed by atoms with Crippen molar-refractivity contribution in [2.75, 3.05) is 42.9 Å². The van der Waals surface area contributed by atoms with Gasteiger partial charge in [-0.1, -0.05) is 13.0 Å². The number of benzene rings is 1. The van der Waals surface area contributed by atoms with Crippen LogP contribution in [-0.4, -0.2) is 78.7 Å². The van der Waals surface area contributed by atoms with Gasteiger partial charge in [0, 0.05) is 44.6 Å². The van der Waals surface area contributed by atoms with Crippen molar-refractivity contribution in [2.24, 2.45) is 0 Å². The Labute approximate surface area is 272 Å². The number of hydrogen-bond donors (Lipinski definition) is 3. The number of aromatic nitrogens is 5. The van der Waals surface area contributed by atoms with Crippen LogP contribution in [0.5, 0.6) is 5.75 Å². The number of nitrogens with zero attached hydrogens (tertiary/aromatic N) is 7. The van der Waals surface area contributed by atoms with Crippen molar-refractivity contribution in [3.63, 3.8) is 0 Å². The van der Waals surface area contributed by atoms with Gasteiger partial charge in [-0.05, 0) is 62.1 Å². The summed E-state index contributed by atoms with van der Waals surface area (Å²) in [5.41, 5.74) is 0.640. The molecule has 2 aliphatic rings. The zero-order chi connectivity index (χ0) is 34.2. The molecular formula is C32H34F3N9O4. The summed E-state index contributed by atoms with van der Waals surface area (Å²) in [4.78, 5) is 52.8. The Hall–Kier alpha value is -5.41. The van der Waals surface area contributed by atoms with Crippen molar-refractivity contribution in [3.05, 3.63) is 81.3 Å². The number of rotatable bonds is 7. The lowest BCUT2D eigenvalue weighted by atomic mass is 10.1. The third kappa shape index (κ3) is 6.29. The molecule has 252 valence electrons. The fourth-order valence-electron chi connectivity index (χ4n) is 6.02. The molecule has 13 nitrogen and oxygen atoms in total. The second-order valence-electron chi connectivity index (χ2n) is 11.6. The quantitative estimate of drug-likeness (QED) is 0.271. The van der Waals surface area contributed by atoms with Crippen LogP contribution in [0, 0.1) is 6.92 Å². The van der Waals surface area contributed by atoms with Gasteiger partial charge in [0.2, 0.25) is 11.7 Å². The molecule has 0 spiro atoms. The van der Waals surface area contributed by atoms with E-state index in [1.165, 1.54) is 35.8 Å². The molecule has 4 aromatic rings. The van der Waals surface area contributed by atoms with E-state index in [4.69, 9.17) is 0 Å². The molecule has 0 saturated carbocycles. The molecule has 3 aromatic heterocycles. The van der Waals surface area contributed by atoms with E-state index in [0.29, 0.717) is 35.9 Å². The smallest absolute Gasteiger partial charge is 0.416 e. The predicted octanol–water partition coefficient (Wildman–Crippen LogP) is 3.21. The van der Waals surface area contributed by atoms with E-state index in [-0.39, 0.29) is 61.2 Å². The summed E-state index contributed by atoms with van der Waals surface area (Å²) in [7, 11) is 0. The summed E-state index contributed by atoms with van der Waals surface area (Å²) < 4.78 is 42.4. The third-order valence-corrected chi connectivity index (χ3v) is 8.45. The standard InChI is InChI=1S/C32H34F3N9O4/c1-3-23-27(41-13-15-42(16-14-41)29(47)26-24(45)8-6-12-37-26)30(48)44-31(39-28(40-44)22-7-4-5-11-36-22)43(23)18-25(46)38-21-10-9-20(17-19(21)2)32(33,34)35/h6-10,12,17,36,45H,3-5,11,13-16,18H2,1-2H3,(H,38,46). The molecule has 0 aliphatic carbocycles. The number of hydrogen-bond acceptors (Lipinski definition) is 9. The van der Waals surface area contributed by atoms with Crippen LogP contribution in [0.3, 0.4) is 0 Å². The van der Waals surface area contributed by atoms with E-state index in [2.05, 4.69) is 25.7 Å². The number of anilines is 2. The van der Waals surface area contributed by atoms with Gasteiger partial charge in [0.05, 0.1) is 17.0 Å². The number of allylic oxidation sites excluding steroid dienone is 1. The number of carbonyl (C=O) groups excluding carboxylic acids is 2. The molecule has 1 aromatic carbocycles. The Kier molecular flexibility index (Phi) is 8.81. The number of piperazine rings is 1. The summed E-state index contributed by atoms with van der Waals surface area (Å²) in [6.45, 7) is 4.76. The van der Waals surface area contributed by atoms with Crippen LogP contribution in [-0.2, 0) is 23.9 Å². The summed E-state index contributed by atoms with van der Waals surface area (Å²) in [5.74, 6) is -0.747. The second-order valence-corrected chi connectivity index (χ2v) is 11.6. The largest absolute Gasteiger partial charge is 0.505 e. The Morgan fingerprint density at radius 2 is 1.90 bits per heavy atom. The monoisotopic (exact) mass is 665 g/mol. The number of aryl methyl sites for hydroxylation is 1. The molecule has 5 heterocycles. The van der Waals surface area contributed by atoms with E-state index < -0.39 is 29.1 Å². The number of carbonyl (C=O) groups is 2. The Balaban J connectivity index is 1.35. The number of aromatic hydroxyl groups is 1. The maximum Gasteiger partial charge on any atom is 0.416 e. The van der Waals surface area contributed by atoms with Crippen molar-refractivity contribution in [1.82, 2.24) is 34.4 Å². The Bertz CT molecular complexity index is 1980. The van der Waals surface area contributed by atoms with Crippen LogP contribution in [0.15, 0.2) is 47.4 Å².